The van der Waals surface area contributed by atoms with E-state index in [1.807, 2.05) is 7.05 Å². The van der Waals surface area contributed by atoms with Gasteiger partial charge in [0.1, 0.15) is 5.82 Å². The molecular formula is C13H21FN2. The van der Waals surface area contributed by atoms with Gasteiger partial charge in [-0.3, -0.25) is 0 Å². The van der Waals surface area contributed by atoms with Crippen LogP contribution in [0.1, 0.15) is 25.8 Å². The van der Waals surface area contributed by atoms with E-state index in [2.05, 4.69) is 18.7 Å². The molecule has 2 N–H and O–H groups in total. The molecule has 1 aromatic rings. The lowest BCUT2D eigenvalue weighted by molar-refractivity contribution is 0.299. The zero-order valence-corrected chi connectivity index (χ0v) is 10.3. The molecule has 0 aromatic heterocycles. The maximum atomic E-state index is 13.5. The molecule has 2 nitrogen and oxygen atoms in total. The predicted octanol–water partition coefficient (Wildman–Crippen LogP) is 2.89. The summed E-state index contributed by atoms with van der Waals surface area (Å²) in [6.07, 6.45) is 1.13. The Hall–Kier alpha value is -1.09. The van der Waals surface area contributed by atoms with Crippen LogP contribution in [0.2, 0.25) is 0 Å². The van der Waals surface area contributed by atoms with Crippen molar-refractivity contribution < 1.29 is 4.39 Å². The minimum absolute atomic E-state index is 0.212. The van der Waals surface area contributed by atoms with Gasteiger partial charge < -0.3 is 10.6 Å². The van der Waals surface area contributed by atoms with E-state index >= 15 is 0 Å². The van der Waals surface area contributed by atoms with Gasteiger partial charge in [-0.1, -0.05) is 19.9 Å². The number of nitrogen functional groups attached to an aromatic ring is 1. The molecule has 0 unspecified atom stereocenters. The molecule has 0 saturated heterocycles. The van der Waals surface area contributed by atoms with Gasteiger partial charge in [0.25, 0.3) is 0 Å². The molecule has 1 rings (SSSR count). The highest BCUT2D eigenvalue weighted by Gasteiger charge is 2.06. The van der Waals surface area contributed by atoms with Crippen molar-refractivity contribution in [1.82, 2.24) is 4.90 Å². The van der Waals surface area contributed by atoms with Crippen LogP contribution in [0.4, 0.5) is 10.1 Å². The van der Waals surface area contributed by atoms with Crippen LogP contribution in [0.5, 0.6) is 0 Å². The third kappa shape index (κ3) is 4.19. The van der Waals surface area contributed by atoms with Gasteiger partial charge >= 0.3 is 0 Å². The van der Waals surface area contributed by atoms with Gasteiger partial charge in [-0.25, -0.2) is 4.39 Å². The maximum absolute atomic E-state index is 13.5. The predicted molar refractivity (Wildman–Crippen MR) is 66.6 cm³/mol. The minimum Gasteiger partial charge on any atom is -0.399 e. The quantitative estimate of drug-likeness (QED) is 0.779. The molecule has 0 aliphatic rings. The van der Waals surface area contributed by atoms with Gasteiger partial charge in [-0.15, -0.1) is 0 Å². The second-order valence-electron chi connectivity index (χ2n) is 4.77. The van der Waals surface area contributed by atoms with Gasteiger partial charge in [0, 0.05) is 17.8 Å². The lowest BCUT2D eigenvalue weighted by Gasteiger charge is -2.18. The summed E-state index contributed by atoms with van der Waals surface area (Å²) in [5.41, 5.74) is 6.69. The number of anilines is 1. The Balaban J connectivity index is 2.52. The third-order valence-electron chi connectivity index (χ3n) is 2.61. The van der Waals surface area contributed by atoms with Gasteiger partial charge in [0.05, 0.1) is 0 Å². The maximum Gasteiger partial charge on any atom is 0.129 e. The van der Waals surface area contributed by atoms with Crippen LogP contribution >= 0.6 is 0 Å². The van der Waals surface area contributed by atoms with E-state index in [9.17, 15) is 4.39 Å². The first-order valence-corrected chi connectivity index (χ1v) is 5.71. The van der Waals surface area contributed by atoms with Gasteiger partial charge in [0.2, 0.25) is 0 Å². The minimum atomic E-state index is -0.212. The van der Waals surface area contributed by atoms with Crippen LogP contribution < -0.4 is 5.73 Å². The van der Waals surface area contributed by atoms with Crippen LogP contribution in [0.3, 0.4) is 0 Å². The number of hydrogen-bond acceptors (Lipinski definition) is 2. The molecule has 0 atom stereocenters. The van der Waals surface area contributed by atoms with Crippen LogP contribution in [-0.4, -0.2) is 18.5 Å². The standard InChI is InChI=1S/C13H21FN2/c1-10(2)6-7-16(3)9-11-4-5-12(15)8-13(11)14/h4-5,8,10H,6-7,9,15H2,1-3H3. The number of halogens is 1. The number of benzene rings is 1. The van der Waals surface area contributed by atoms with Crippen LogP contribution in [0.25, 0.3) is 0 Å². The molecule has 0 aliphatic carbocycles. The van der Waals surface area contributed by atoms with Crippen LogP contribution in [-0.2, 0) is 6.54 Å². The molecule has 1 aromatic carbocycles. The Morgan fingerprint density at radius 3 is 2.62 bits per heavy atom. The molecule has 0 bridgehead atoms. The second kappa shape index (κ2) is 5.85. The topological polar surface area (TPSA) is 29.3 Å². The SMILES string of the molecule is CC(C)CCN(C)Cc1ccc(N)cc1F. The molecule has 0 amide bonds. The van der Waals surface area contributed by atoms with E-state index in [0.29, 0.717) is 23.7 Å². The molecule has 90 valence electrons. The molecule has 3 heteroatoms. The second-order valence-corrected chi connectivity index (χ2v) is 4.77. The Bertz CT molecular complexity index is 337. The van der Waals surface area contributed by atoms with Crippen molar-refractivity contribution in [2.75, 3.05) is 19.3 Å². The molecule has 0 aliphatic heterocycles. The monoisotopic (exact) mass is 224 g/mol. The number of hydrogen-bond donors (Lipinski definition) is 1. The van der Waals surface area contributed by atoms with Crippen molar-refractivity contribution in [3.8, 4) is 0 Å². The van der Waals surface area contributed by atoms with Crippen molar-refractivity contribution in [1.29, 1.82) is 0 Å². The largest absolute Gasteiger partial charge is 0.399 e. The Labute approximate surface area is 97.3 Å². The summed E-state index contributed by atoms with van der Waals surface area (Å²) in [7, 11) is 2.01. The molecule has 0 fully saturated rings. The van der Waals surface area contributed by atoms with E-state index in [-0.39, 0.29) is 5.82 Å². The number of nitrogens with two attached hydrogens (primary N) is 1. The lowest BCUT2D eigenvalue weighted by Crippen LogP contribution is -2.21. The summed E-state index contributed by atoms with van der Waals surface area (Å²) in [5, 5.41) is 0. The van der Waals surface area contributed by atoms with Gasteiger partial charge in [-0.2, -0.15) is 0 Å². The fourth-order valence-electron chi connectivity index (χ4n) is 1.54. The Morgan fingerprint density at radius 2 is 2.06 bits per heavy atom. The highest BCUT2D eigenvalue weighted by atomic mass is 19.1. The molecule has 0 radical (unpaired) electrons. The summed E-state index contributed by atoms with van der Waals surface area (Å²) in [6.45, 7) is 6.01. The van der Waals surface area contributed by atoms with Gasteiger partial charge in [-0.05, 0) is 38.1 Å². The third-order valence-corrected chi connectivity index (χ3v) is 2.61. The van der Waals surface area contributed by atoms with Crippen LogP contribution in [0, 0.1) is 11.7 Å². The summed E-state index contributed by atoms with van der Waals surface area (Å²) >= 11 is 0. The highest BCUT2D eigenvalue weighted by Crippen LogP contribution is 2.14. The first-order chi connectivity index (χ1) is 7.49. The summed E-state index contributed by atoms with van der Waals surface area (Å²) in [5.74, 6) is 0.468. The lowest BCUT2D eigenvalue weighted by atomic mass is 10.1. The van der Waals surface area contributed by atoms with E-state index < -0.39 is 0 Å². The fraction of sp³-hybridized carbons (Fsp3) is 0.538. The average Bonchev–Trinajstić information content (AvgIpc) is 2.19. The zero-order chi connectivity index (χ0) is 12.1. The van der Waals surface area contributed by atoms with Crippen molar-refractivity contribution >= 4 is 5.69 Å². The van der Waals surface area contributed by atoms with Crippen molar-refractivity contribution in [3.63, 3.8) is 0 Å². The van der Waals surface area contributed by atoms with Crippen molar-refractivity contribution in [2.45, 2.75) is 26.8 Å². The Morgan fingerprint density at radius 1 is 1.38 bits per heavy atom. The van der Waals surface area contributed by atoms with Crippen molar-refractivity contribution in [2.24, 2.45) is 5.92 Å². The van der Waals surface area contributed by atoms with Gasteiger partial charge in [0.15, 0.2) is 0 Å². The summed E-state index contributed by atoms with van der Waals surface area (Å²) in [6, 6.07) is 4.89. The van der Waals surface area contributed by atoms with E-state index in [0.717, 1.165) is 13.0 Å². The molecule has 0 heterocycles. The molecule has 0 saturated carbocycles. The number of rotatable bonds is 5. The zero-order valence-electron chi connectivity index (χ0n) is 10.3. The summed E-state index contributed by atoms with van der Waals surface area (Å²) in [4.78, 5) is 2.13. The first kappa shape index (κ1) is 13.0. The normalized spacial score (nSPS) is 11.4. The van der Waals surface area contributed by atoms with E-state index in [4.69, 9.17) is 5.73 Å². The molecule has 0 spiro atoms. The smallest absolute Gasteiger partial charge is 0.129 e. The molecular weight excluding hydrogens is 203 g/mol. The van der Waals surface area contributed by atoms with Crippen molar-refractivity contribution in [3.05, 3.63) is 29.6 Å². The van der Waals surface area contributed by atoms with Crippen LogP contribution in [0.15, 0.2) is 18.2 Å². The van der Waals surface area contributed by atoms with E-state index in [1.165, 1.54) is 6.07 Å². The average molecular weight is 224 g/mol. The fourth-order valence-corrected chi connectivity index (χ4v) is 1.54. The first-order valence-electron chi connectivity index (χ1n) is 5.71. The Kier molecular flexibility index (Phi) is 4.74. The highest BCUT2D eigenvalue weighted by molar-refractivity contribution is 5.40. The summed E-state index contributed by atoms with van der Waals surface area (Å²) < 4.78 is 13.5. The number of nitrogens with zero attached hydrogens (tertiary/aromatic N) is 1. The molecule has 16 heavy (non-hydrogen) atoms. The van der Waals surface area contributed by atoms with E-state index in [1.54, 1.807) is 12.1 Å².